The van der Waals surface area contributed by atoms with Gasteiger partial charge in [-0.05, 0) is 56.2 Å². The summed E-state index contributed by atoms with van der Waals surface area (Å²) in [6.07, 6.45) is 4.97. The normalized spacial score (nSPS) is 38.2. The summed E-state index contributed by atoms with van der Waals surface area (Å²) in [5.41, 5.74) is -1.68. The number of hydrogen-bond donors (Lipinski definition) is 2. The monoisotopic (exact) mass is 560 g/mol. The average Bonchev–Trinajstić information content (AvgIpc) is 3.37. The molecular weight excluding hydrogens is 512 g/mol. The maximum absolute atomic E-state index is 11.9. The van der Waals surface area contributed by atoms with E-state index in [2.05, 4.69) is 20.4 Å². The minimum atomic E-state index is -1.09. The number of ether oxygens (including phenoxy) is 6. The van der Waals surface area contributed by atoms with Crippen LogP contribution in [0.2, 0.25) is 0 Å². The number of aliphatic hydroxyl groups is 2. The van der Waals surface area contributed by atoms with Crippen LogP contribution in [0, 0.1) is 23.2 Å². The lowest BCUT2D eigenvalue weighted by atomic mass is 9.69. The lowest BCUT2D eigenvalue weighted by Crippen LogP contribution is -2.56. The molecule has 1 saturated carbocycles. The van der Waals surface area contributed by atoms with E-state index in [-0.39, 0.29) is 25.2 Å². The van der Waals surface area contributed by atoms with Gasteiger partial charge in [0.15, 0.2) is 5.79 Å². The lowest BCUT2D eigenvalue weighted by Gasteiger charge is -2.45. The van der Waals surface area contributed by atoms with Gasteiger partial charge in [0.05, 0.1) is 38.1 Å². The van der Waals surface area contributed by atoms with Crippen LogP contribution in [0.15, 0.2) is 49.1 Å². The fourth-order valence-electron chi connectivity index (χ4n) is 7.02. The highest BCUT2D eigenvalue weighted by Gasteiger charge is 2.61. The molecule has 1 aromatic rings. The Balaban J connectivity index is 1.75. The molecule has 0 aromatic heterocycles. The first-order chi connectivity index (χ1) is 18.8. The Morgan fingerprint density at radius 2 is 1.85 bits per heavy atom. The molecule has 4 rings (SSSR count). The molecule has 8 nitrogen and oxygen atoms in total. The van der Waals surface area contributed by atoms with Crippen LogP contribution >= 0.6 is 0 Å². The summed E-state index contributed by atoms with van der Waals surface area (Å²) in [5, 5.41) is 23.9. The van der Waals surface area contributed by atoms with Crippen molar-refractivity contribution in [1.29, 1.82) is 0 Å². The van der Waals surface area contributed by atoms with E-state index in [4.69, 9.17) is 28.4 Å². The highest BCUT2D eigenvalue weighted by molar-refractivity contribution is 5.27. The second kappa shape index (κ2) is 11.8. The van der Waals surface area contributed by atoms with Crippen molar-refractivity contribution in [2.24, 2.45) is 23.2 Å². The maximum Gasteiger partial charge on any atom is 0.163 e. The van der Waals surface area contributed by atoms with Crippen LogP contribution in [-0.2, 0) is 30.3 Å². The van der Waals surface area contributed by atoms with Crippen molar-refractivity contribution in [3.8, 4) is 5.75 Å². The minimum Gasteiger partial charge on any atom is -0.497 e. The van der Waals surface area contributed by atoms with Gasteiger partial charge in [0.1, 0.15) is 24.2 Å². The van der Waals surface area contributed by atoms with E-state index in [0.717, 1.165) is 17.7 Å². The Bertz CT molecular complexity index is 1040. The fourth-order valence-corrected chi connectivity index (χ4v) is 7.02. The number of hydrogen-bond acceptors (Lipinski definition) is 8. The van der Waals surface area contributed by atoms with E-state index in [9.17, 15) is 10.2 Å². The van der Waals surface area contributed by atoms with Crippen molar-refractivity contribution in [2.75, 3.05) is 27.6 Å². The van der Waals surface area contributed by atoms with Gasteiger partial charge in [0.2, 0.25) is 0 Å². The Labute approximate surface area is 239 Å². The lowest BCUT2D eigenvalue weighted by molar-refractivity contribution is -0.212. The van der Waals surface area contributed by atoms with Gasteiger partial charge in [0, 0.05) is 18.4 Å². The highest BCUT2D eigenvalue weighted by Crippen LogP contribution is 2.56. The molecule has 1 aromatic carbocycles. The number of methoxy groups -OCH3 is 2. The first-order valence-corrected chi connectivity index (χ1v) is 14.3. The zero-order valence-corrected chi connectivity index (χ0v) is 25.1. The molecule has 0 amide bonds. The van der Waals surface area contributed by atoms with Crippen molar-refractivity contribution in [1.82, 2.24) is 0 Å². The summed E-state index contributed by atoms with van der Waals surface area (Å²) >= 11 is 0. The van der Waals surface area contributed by atoms with Crippen molar-refractivity contribution in [3.63, 3.8) is 0 Å². The maximum atomic E-state index is 11.9. The topological polar surface area (TPSA) is 95.8 Å². The smallest absolute Gasteiger partial charge is 0.163 e. The van der Waals surface area contributed by atoms with Crippen LogP contribution in [0.1, 0.15) is 53.0 Å². The molecule has 2 fully saturated rings. The van der Waals surface area contributed by atoms with Gasteiger partial charge >= 0.3 is 0 Å². The van der Waals surface area contributed by atoms with Crippen molar-refractivity contribution >= 4 is 0 Å². The number of rotatable bonds is 10. The molecule has 1 aliphatic heterocycles. The van der Waals surface area contributed by atoms with E-state index < -0.39 is 46.6 Å². The SMILES string of the molecule is C=C[C@@H](OCc1ccc(OC)cc1)[C@]1([C@H]2/C=C\[C@]3(O)CC[C@H]([C@@H](OCOC)[C@@H](O)[C@H]2C)C3(C)C)COC(C)(C)O1. The van der Waals surface area contributed by atoms with Crippen LogP contribution in [0.3, 0.4) is 0 Å². The van der Waals surface area contributed by atoms with Gasteiger partial charge in [-0.3, -0.25) is 0 Å². The van der Waals surface area contributed by atoms with Crippen molar-refractivity contribution in [3.05, 3.63) is 54.6 Å². The molecule has 3 aliphatic rings. The third-order valence-electron chi connectivity index (χ3n) is 9.60. The predicted octanol–water partition coefficient (Wildman–Crippen LogP) is 4.63. The molecule has 40 heavy (non-hydrogen) atoms. The minimum absolute atomic E-state index is 0.0512. The number of fused-ring (bicyclic) bond motifs is 2. The fraction of sp³-hybridized carbons (Fsp3) is 0.688. The zero-order chi connectivity index (χ0) is 29.3. The average molecular weight is 561 g/mol. The molecule has 2 aliphatic carbocycles. The quantitative estimate of drug-likeness (QED) is 0.316. The molecule has 0 unspecified atom stereocenters. The van der Waals surface area contributed by atoms with Crippen molar-refractivity contribution < 1.29 is 38.6 Å². The standard InChI is InChI=1S/C32H48O8/c1-9-26(37-18-22-10-12-23(36-8)13-11-22)32(19-39-30(5,6)40-32)24-14-16-31(34)17-15-25(29(31,3)4)28(38-20-35-7)27(33)21(24)2/h9-14,16,21,24-28,33-34H,1,15,17-20H2,2-8H3/b16-14-/t21-,24-,25+,26+,27-,28+,31-,32+/m0/s1. The molecule has 1 heterocycles. The first kappa shape index (κ1) is 31.2. The second-order valence-electron chi connectivity index (χ2n) is 12.6. The summed E-state index contributed by atoms with van der Waals surface area (Å²) in [7, 11) is 3.21. The van der Waals surface area contributed by atoms with Crippen molar-refractivity contribution in [2.45, 2.75) is 89.4 Å². The molecule has 1 saturated heterocycles. The Kier molecular flexibility index (Phi) is 9.22. The van der Waals surface area contributed by atoms with Crippen LogP contribution in [0.4, 0.5) is 0 Å². The highest BCUT2D eigenvalue weighted by atomic mass is 16.8. The van der Waals surface area contributed by atoms with E-state index in [1.54, 1.807) is 20.3 Å². The summed E-state index contributed by atoms with van der Waals surface area (Å²) in [4.78, 5) is 0. The Morgan fingerprint density at radius 1 is 1.15 bits per heavy atom. The van der Waals surface area contributed by atoms with E-state index >= 15 is 0 Å². The van der Waals surface area contributed by atoms with E-state index in [0.29, 0.717) is 13.0 Å². The molecule has 0 spiro atoms. The zero-order valence-electron chi connectivity index (χ0n) is 25.1. The van der Waals surface area contributed by atoms with Crippen LogP contribution in [-0.4, -0.2) is 73.1 Å². The van der Waals surface area contributed by atoms with Crippen LogP contribution < -0.4 is 4.74 Å². The molecule has 224 valence electrons. The molecule has 8 heteroatoms. The molecule has 2 bridgehead atoms. The molecule has 0 radical (unpaired) electrons. The summed E-state index contributed by atoms with van der Waals surface area (Å²) < 4.78 is 36.1. The Hall–Kier alpha value is -1.78. The van der Waals surface area contributed by atoms with Gasteiger partial charge in [0.25, 0.3) is 0 Å². The van der Waals surface area contributed by atoms with Crippen LogP contribution in [0.25, 0.3) is 0 Å². The summed E-state index contributed by atoms with van der Waals surface area (Å²) in [6.45, 7) is 14.6. The molecule has 2 N–H and O–H groups in total. The van der Waals surface area contributed by atoms with Crippen LogP contribution in [0.5, 0.6) is 5.75 Å². The predicted molar refractivity (Wildman–Crippen MR) is 152 cm³/mol. The molecule has 8 atom stereocenters. The Morgan fingerprint density at radius 3 is 2.42 bits per heavy atom. The first-order valence-electron chi connectivity index (χ1n) is 14.3. The summed E-state index contributed by atoms with van der Waals surface area (Å²) in [6, 6.07) is 7.71. The van der Waals surface area contributed by atoms with Gasteiger partial charge in [-0.2, -0.15) is 0 Å². The molecular formula is C32H48O8. The van der Waals surface area contributed by atoms with Gasteiger partial charge in [-0.15, -0.1) is 6.58 Å². The summed E-state index contributed by atoms with van der Waals surface area (Å²) in [5.74, 6) is -0.947. The largest absolute Gasteiger partial charge is 0.497 e. The third-order valence-corrected chi connectivity index (χ3v) is 9.60. The van der Waals surface area contributed by atoms with Gasteiger partial charge in [-0.1, -0.05) is 51.1 Å². The third kappa shape index (κ3) is 5.64. The van der Waals surface area contributed by atoms with Gasteiger partial charge in [-0.25, -0.2) is 0 Å². The number of aliphatic hydroxyl groups excluding tert-OH is 1. The second-order valence-corrected chi connectivity index (χ2v) is 12.6. The van der Waals surface area contributed by atoms with Gasteiger partial charge < -0.3 is 38.6 Å². The van der Waals surface area contributed by atoms with E-state index in [1.807, 2.05) is 57.2 Å². The number of benzene rings is 1. The van der Waals surface area contributed by atoms with E-state index in [1.165, 1.54) is 0 Å².